The number of nitrogens with zero attached hydrogens (tertiary/aromatic N) is 3. The molecule has 1 aromatic carbocycles. The van der Waals surface area contributed by atoms with Gasteiger partial charge in [0, 0.05) is 36.8 Å². The van der Waals surface area contributed by atoms with Crippen molar-refractivity contribution in [2.24, 2.45) is 0 Å². The van der Waals surface area contributed by atoms with Crippen LogP contribution in [0.1, 0.15) is 31.2 Å². The minimum absolute atomic E-state index is 0.229. The van der Waals surface area contributed by atoms with Crippen LogP contribution < -0.4 is 20.3 Å². The van der Waals surface area contributed by atoms with Crippen LogP contribution >= 0.6 is 0 Å². The first-order chi connectivity index (χ1) is 15.6. The molecular weight excluding hydrogens is 406 g/mol. The van der Waals surface area contributed by atoms with E-state index in [2.05, 4.69) is 22.5 Å². The Morgan fingerprint density at radius 2 is 2.00 bits per heavy atom. The Morgan fingerprint density at radius 1 is 1.22 bits per heavy atom. The number of morpholine rings is 1. The molecule has 8 heteroatoms. The standard InChI is InChI=1S/C24H35N5O3/c1-17-22(26-19-7-3-4-8-19)27-23(28-24(17)29-10-12-31-13-11-29)18-6-5-9-21(14-18)32-16-20(30)15-25-2/h5-6,9,14,19-20,25,30H,3-4,7-8,10-13,15-16H2,1-2H3,(H,26,27,28). The molecule has 2 heterocycles. The van der Waals surface area contributed by atoms with Gasteiger partial charge >= 0.3 is 0 Å². The van der Waals surface area contributed by atoms with Crippen molar-refractivity contribution in [2.45, 2.75) is 44.8 Å². The molecule has 1 saturated heterocycles. The van der Waals surface area contributed by atoms with Gasteiger partial charge in [-0.25, -0.2) is 9.97 Å². The summed E-state index contributed by atoms with van der Waals surface area (Å²) in [6.07, 6.45) is 4.34. The summed E-state index contributed by atoms with van der Waals surface area (Å²) in [6.45, 7) is 5.89. The average Bonchev–Trinajstić information content (AvgIpc) is 3.33. The normalized spacial score (nSPS) is 18.0. The maximum atomic E-state index is 9.94. The minimum atomic E-state index is -0.561. The Kier molecular flexibility index (Phi) is 7.78. The van der Waals surface area contributed by atoms with E-state index in [4.69, 9.17) is 19.4 Å². The van der Waals surface area contributed by atoms with Gasteiger partial charge in [-0.15, -0.1) is 0 Å². The number of rotatable bonds is 9. The van der Waals surface area contributed by atoms with E-state index < -0.39 is 6.10 Å². The van der Waals surface area contributed by atoms with E-state index >= 15 is 0 Å². The van der Waals surface area contributed by atoms with Crippen LogP contribution in [0, 0.1) is 6.92 Å². The van der Waals surface area contributed by atoms with Crippen LogP contribution in [0.2, 0.25) is 0 Å². The van der Waals surface area contributed by atoms with Crippen molar-refractivity contribution in [3.8, 4) is 17.1 Å². The van der Waals surface area contributed by atoms with E-state index in [9.17, 15) is 5.11 Å². The lowest BCUT2D eigenvalue weighted by Crippen LogP contribution is -2.37. The molecule has 3 N–H and O–H groups in total. The number of ether oxygens (including phenoxy) is 2. The smallest absolute Gasteiger partial charge is 0.164 e. The van der Waals surface area contributed by atoms with Crippen LogP contribution in [-0.4, -0.2) is 73.7 Å². The topological polar surface area (TPSA) is 91.8 Å². The molecule has 2 fully saturated rings. The Balaban J connectivity index is 1.62. The molecule has 1 aliphatic carbocycles. The highest BCUT2D eigenvalue weighted by molar-refractivity contribution is 5.67. The number of hydrogen-bond donors (Lipinski definition) is 3. The van der Waals surface area contributed by atoms with Gasteiger partial charge in [0.25, 0.3) is 0 Å². The summed E-state index contributed by atoms with van der Waals surface area (Å²) in [5.74, 6) is 3.26. The fraction of sp³-hybridized carbons (Fsp3) is 0.583. The number of aliphatic hydroxyl groups is 1. The van der Waals surface area contributed by atoms with Crippen LogP contribution in [0.5, 0.6) is 5.75 Å². The van der Waals surface area contributed by atoms with Crippen LogP contribution in [0.3, 0.4) is 0 Å². The summed E-state index contributed by atoms with van der Waals surface area (Å²) in [4.78, 5) is 12.2. The highest BCUT2D eigenvalue weighted by Crippen LogP contribution is 2.31. The fourth-order valence-corrected chi connectivity index (χ4v) is 4.33. The Hall–Kier alpha value is -2.42. The molecule has 0 spiro atoms. The quantitative estimate of drug-likeness (QED) is 0.547. The first-order valence-electron chi connectivity index (χ1n) is 11.7. The Labute approximate surface area is 190 Å². The second-order valence-corrected chi connectivity index (χ2v) is 8.62. The molecule has 4 rings (SSSR count). The van der Waals surface area contributed by atoms with Gasteiger partial charge in [0.15, 0.2) is 5.82 Å². The van der Waals surface area contributed by atoms with Crippen LogP contribution in [0.25, 0.3) is 11.4 Å². The number of aromatic nitrogens is 2. The van der Waals surface area contributed by atoms with Gasteiger partial charge in [-0.1, -0.05) is 25.0 Å². The number of aliphatic hydroxyl groups excluding tert-OH is 1. The predicted molar refractivity (Wildman–Crippen MR) is 127 cm³/mol. The molecule has 2 aliphatic rings. The lowest BCUT2D eigenvalue weighted by molar-refractivity contribution is 0.108. The molecule has 1 aromatic heterocycles. The molecule has 8 nitrogen and oxygen atoms in total. The molecule has 1 unspecified atom stereocenters. The van der Waals surface area contributed by atoms with E-state index in [1.165, 1.54) is 25.7 Å². The molecule has 174 valence electrons. The monoisotopic (exact) mass is 441 g/mol. The molecule has 1 aliphatic heterocycles. The van der Waals surface area contributed by atoms with E-state index in [0.29, 0.717) is 37.4 Å². The maximum Gasteiger partial charge on any atom is 0.164 e. The Bertz CT molecular complexity index is 882. The van der Waals surface area contributed by atoms with Crippen molar-refractivity contribution in [2.75, 3.05) is 56.7 Å². The van der Waals surface area contributed by atoms with Crippen molar-refractivity contribution in [3.63, 3.8) is 0 Å². The van der Waals surface area contributed by atoms with Crippen molar-refractivity contribution >= 4 is 11.6 Å². The highest BCUT2D eigenvalue weighted by atomic mass is 16.5. The summed E-state index contributed by atoms with van der Waals surface area (Å²) in [5, 5.41) is 16.6. The Morgan fingerprint density at radius 3 is 2.75 bits per heavy atom. The molecule has 32 heavy (non-hydrogen) atoms. The number of hydrogen-bond acceptors (Lipinski definition) is 8. The minimum Gasteiger partial charge on any atom is -0.491 e. The van der Waals surface area contributed by atoms with Gasteiger partial charge in [-0.05, 0) is 38.9 Å². The number of nitrogens with one attached hydrogen (secondary N) is 2. The van der Waals surface area contributed by atoms with Crippen molar-refractivity contribution in [1.29, 1.82) is 0 Å². The summed E-state index contributed by atoms with van der Waals surface area (Å²) in [7, 11) is 1.81. The van der Waals surface area contributed by atoms with Crippen LogP contribution in [0.4, 0.5) is 11.6 Å². The SMILES string of the molecule is CNCC(O)COc1cccc(-c2nc(NC3CCCC3)c(C)c(N3CCOCC3)n2)c1. The fourth-order valence-electron chi connectivity index (χ4n) is 4.33. The van der Waals surface area contributed by atoms with Gasteiger partial charge in [0.05, 0.1) is 13.2 Å². The van der Waals surface area contributed by atoms with Gasteiger partial charge in [0.1, 0.15) is 30.1 Å². The zero-order chi connectivity index (χ0) is 22.3. The van der Waals surface area contributed by atoms with Crippen molar-refractivity contribution in [3.05, 3.63) is 29.8 Å². The number of benzene rings is 1. The van der Waals surface area contributed by atoms with Crippen molar-refractivity contribution < 1.29 is 14.6 Å². The average molecular weight is 442 g/mol. The summed E-state index contributed by atoms with van der Waals surface area (Å²) < 4.78 is 11.4. The first kappa shape index (κ1) is 22.8. The van der Waals surface area contributed by atoms with E-state index in [1.807, 2.05) is 31.3 Å². The third-order valence-electron chi connectivity index (χ3n) is 6.10. The zero-order valence-corrected chi connectivity index (χ0v) is 19.1. The van der Waals surface area contributed by atoms with Gasteiger partial charge in [-0.2, -0.15) is 0 Å². The molecular formula is C24H35N5O3. The van der Waals surface area contributed by atoms with Gasteiger partial charge in [-0.3, -0.25) is 0 Å². The molecule has 0 radical (unpaired) electrons. The van der Waals surface area contributed by atoms with Crippen LogP contribution in [0.15, 0.2) is 24.3 Å². The molecule has 0 bridgehead atoms. The lowest BCUT2D eigenvalue weighted by atomic mass is 10.1. The van der Waals surface area contributed by atoms with E-state index in [0.717, 1.165) is 35.9 Å². The van der Waals surface area contributed by atoms with Crippen LogP contribution in [-0.2, 0) is 4.74 Å². The van der Waals surface area contributed by atoms with E-state index in [-0.39, 0.29) is 6.61 Å². The summed E-state index contributed by atoms with van der Waals surface area (Å²) in [5.41, 5.74) is 1.99. The van der Waals surface area contributed by atoms with Gasteiger partial charge in [0.2, 0.25) is 0 Å². The van der Waals surface area contributed by atoms with Crippen molar-refractivity contribution in [1.82, 2.24) is 15.3 Å². The zero-order valence-electron chi connectivity index (χ0n) is 19.1. The summed E-state index contributed by atoms with van der Waals surface area (Å²) in [6, 6.07) is 8.25. The summed E-state index contributed by atoms with van der Waals surface area (Å²) >= 11 is 0. The van der Waals surface area contributed by atoms with Gasteiger partial charge < -0.3 is 30.1 Å². The predicted octanol–water partition coefficient (Wildman–Crippen LogP) is 2.60. The molecule has 2 aromatic rings. The third kappa shape index (κ3) is 5.68. The molecule has 1 atom stereocenters. The molecule has 0 amide bonds. The number of likely N-dealkylation sites (N-methyl/N-ethyl adjacent to an activating group) is 1. The first-order valence-corrected chi connectivity index (χ1v) is 11.7. The maximum absolute atomic E-state index is 9.94. The highest BCUT2D eigenvalue weighted by Gasteiger charge is 2.22. The molecule has 1 saturated carbocycles. The second kappa shape index (κ2) is 10.9. The second-order valence-electron chi connectivity index (χ2n) is 8.62. The van der Waals surface area contributed by atoms with E-state index in [1.54, 1.807) is 0 Å². The largest absolute Gasteiger partial charge is 0.491 e. The third-order valence-corrected chi connectivity index (χ3v) is 6.10. The lowest BCUT2D eigenvalue weighted by Gasteiger charge is -2.30. The number of anilines is 2.